The molecule has 0 aliphatic rings. The topological polar surface area (TPSA) is 64.3 Å². The third-order valence-corrected chi connectivity index (χ3v) is 3.24. The molecule has 0 bridgehead atoms. The third-order valence-electron chi connectivity index (χ3n) is 1.96. The van der Waals surface area contributed by atoms with E-state index in [-0.39, 0.29) is 11.2 Å². The molecule has 0 rings (SSSR count). The largest absolute Gasteiger partial charge is 0.385 e. The molecule has 2 unspecified atom stereocenters. The van der Waals surface area contributed by atoms with Crippen LogP contribution in [-0.2, 0) is 9.53 Å². The predicted octanol–water partition coefficient (Wildman–Crippen LogP) is 0.608. The molecule has 0 heterocycles. The highest BCUT2D eigenvalue weighted by Crippen LogP contribution is 2.16. The maximum atomic E-state index is 11.5. The van der Waals surface area contributed by atoms with E-state index in [2.05, 4.69) is 5.32 Å². The Morgan fingerprint density at radius 1 is 1.53 bits per heavy atom. The first-order chi connectivity index (χ1) is 7.11. The molecule has 0 aliphatic heterocycles. The zero-order valence-electron chi connectivity index (χ0n) is 9.79. The maximum Gasteiger partial charge on any atom is 0.232 e. The van der Waals surface area contributed by atoms with E-state index in [9.17, 15) is 4.79 Å². The molecular weight excluding hydrogens is 212 g/mol. The van der Waals surface area contributed by atoms with E-state index in [4.69, 9.17) is 10.5 Å². The molecule has 2 atom stereocenters. The van der Waals surface area contributed by atoms with Gasteiger partial charge < -0.3 is 15.8 Å². The lowest BCUT2D eigenvalue weighted by molar-refractivity contribution is -0.120. The Bertz CT molecular complexity index is 179. The summed E-state index contributed by atoms with van der Waals surface area (Å²) >= 11 is 1.60. The lowest BCUT2D eigenvalue weighted by Gasteiger charge is -2.15. The molecule has 4 nitrogen and oxygen atoms in total. The van der Waals surface area contributed by atoms with Crippen LogP contribution in [0.1, 0.15) is 20.3 Å². The molecule has 0 aromatic rings. The van der Waals surface area contributed by atoms with Gasteiger partial charge in [-0.05, 0) is 13.3 Å². The van der Waals surface area contributed by atoms with Crippen molar-refractivity contribution in [2.45, 2.75) is 30.8 Å². The van der Waals surface area contributed by atoms with E-state index < -0.39 is 0 Å². The molecule has 90 valence electrons. The van der Waals surface area contributed by atoms with Gasteiger partial charge in [0.15, 0.2) is 0 Å². The predicted molar refractivity (Wildman–Crippen MR) is 65.1 cm³/mol. The van der Waals surface area contributed by atoms with E-state index in [1.807, 2.05) is 13.8 Å². The fourth-order valence-electron chi connectivity index (χ4n) is 1.04. The van der Waals surface area contributed by atoms with Crippen LogP contribution in [0.2, 0.25) is 0 Å². The summed E-state index contributed by atoms with van der Waals surface area (Å²) < 4.78 is 4.89. The van der Waals surface area contributed by atoms with Crippen molar-refractivity contribution in [3.8, 4) is 0 Å². The van der Waals surface area contributed by atoms with Crippen molar-refractivity contribution in [3.63, 3.8) is 0 Å². The first-order valence-corrected chi connectivity index (χ1v) is 6.18. The van der Waals surface area contributed by atoms with Crippen LogP contribution in [0, 0.1) is 0 Å². The lowest BCUT2D eigenvalue weighted by Crippen LogP contribution is -2.33. The fourth-order valence-corrected chi connectivity index (χ4v) is 2.05. The van der Waals surface area contributed by atoms with Gasteiger partial charge in [0.05, 0.1) is 5.25 Å². The number of rotatable bonds is 8. The Hall–Kier alpha value is -0.260. The van der Waals surface area contributed by atoms with Crippen LogP contribution >= 0.6 is 11.8 Å². The number of carbonyl (C=O) groups excluding carboxylic acids is 1. The minimum absolute atomic E-state index is 0.0360. The van der Waals surface area contributed by atoms with Gasteiger partial charge in [0.2, 0.25) is 5.91 Å². The van der Waals surface area contributed by atoms with Gasteiger partial charge in [-0.25, -0.2) is 0 Å². The van der Waals surface area contributed by atoms with Gasteiger partial charge in [0.1, 0.15) is 0 Å². The number of nitrogens with one attached hydrogen (secondary N) is 1. The van der Waals surface area contributed by atoms with E-state index in [0.717, 1.165) is 6.42 Å². The Labute approximate surface area is 96.3 Å². The van der Waals surface area contributed by atoms with Crippen molar-refractivity contribution in [1.82, 2.24) is 5.32 Å². The first kappa shape index (κ1) is 14.7. The molecule has 15 heavy (non-hydrogen) atoms. The second-order valence-corrected chi connectivity index (χ2v) is 5.25. The molecule has 0 saturated carbocycles. The summed E-state index contributed by atoms with van der Waals surface area (Å²) in [6.07, 6.45) is 0.853. The maximum absolute atomic E-state index is 11.5. The van der Waals surface area contributed by atoms with Crippen molar-refractivity contribution < 1.29 is 9.53 Å². The molecule has 0 aromatic carbocycles. The van der Waals surface area contributed by atoms with Crippen LogP contribution < -0.4 is 11.1 Å². The Kier molecular flexibility index (Phi) is 8.85. The number of methoxy groups -OCH3 is 1. The average molecular weight is 234 g/mol. The molecule has 5 heteroatoms. The van der Waals surface area contributed by atoms with E-state index >= 15 is 0 Å². The van der Waals surface area contributed by atoms with Gasteiger partial charge >= 0.3 is 0 Å². The van der Waals surface area contributed by atoms with Crippen LogP contribution in [0.15, 0.2) is 0 Å². The number of thioether (sulfide) groups is 1. The molecule has 3 N–H and O–H groups in total. The summed E-state index contributed by atoms with van der Waals surface area (Å²) in [6.45, 7) is 5.89. The Morgan fingerprint density at radius 3 is 2.73 bits per heavy atom. The SMILES string of the molecule is COCCCNC(=O)C(C)SC(C)CN. The minimum atomic E-state index is -0.0360. The van der Waals surface area contributed by atoms with Gasteiger partial charge in [0.25, 0.3) is 0 Å². The Balaban J connectivity index is 3.60. The summed E-state index contributed by atoms with van der Waals surface area (Å²) in [7, 11) is 1.66. The summed E-state index contributed by atoms with van der Waals surface area (Å²) in [5.74, 6) is 0.0800. The molecule has 0 spiro atoms. The molecule has 0 radical (unpaired) electrons. The van der Waals surface area contributed by atoms with Crippen LogP contribution in [0.25, 0.3) is 0 Å². The summed E-state index contributed by atoms with van der Waals surface area (Å²) in [4.78, 5) is 11.5. The normalized spacial score (nSPS) is 14.7. The second-order valence-electron chi connectivity index (χ2n) is 3.46. The number of hydrogen-bond donors (Lipinski definition) is 2. The van der Waals surface area contributed by atoms with Crippen LogP contribution in [0.5, 0.6) is 0 Å². The van der Waals surface area contributed by atoms with Gasteiger partial charge in [-0.15, -0.1) is 11.8 Å². The molecule has 0 fully saturated rings. The van der Waals surface area contributed by atoms with Crippen molar-refractivity contribution in [2.24, 2.45) is 5.73 Å². The smallest absolute Gasteiger partial charge is 0.232 e. The quantitative estimate of drug-likeness (QED) is 0.604. The highest BCUT2D eigenvalue weighted by Gasteiger charge is 2.15. The van der Waals surface area contributed by atoms with Crippen molar-refractivity contribution in [1.29, 1.82) is 0 Å². The Morgan fingerprint density at radius 2 is 2.20 bits per heavy atom. The molecule has 0 saturated heterocycles. The standard InChI is InChI=1S/C10H22N2O2S/c1-8(7-11)15-9(2)10(13)12-5-4-6-14-3/h8-9H,4-7,11H2,1-3H3,(H,12,13). The van der Waals surface area contributed by atoms with Gasteiger partial charge in [-0.3, -0.25) is 4.79 Å². The molecule has 0 aromatic heterocycles. The van der Waals surface area contributed by atoms with E-state index in [1.165, 1.54) is 0 Å². The van der Waals surface area contributed by atoms with Crippen LogP contribution in [0.4, 0.5) is 0 Å². The fraction of sp³-hybridized carbons (Fsp3) is 0.900. The van der Waals surface area contributed by atoms with Gasteiger partial charge in [-0.1, -0.05) is 6.92 Å². The molecular formula is C10H22N2O2S. The highest BCUT2D eigenvalue weighted by atomic mass is 32.2. The van der Waals surface area contributed by atoms with Crippen LogP contribution in [-0.4, -0.2) is 43.2 Å². The third kappa shape index (κ3) is 7.64. The zero-order valence-corrected chi connectivity index (χ0v) is 10.6. The summed E-state index contributed by atoms with van der Waals surface area (Å²) in [5, 5.41) is 3.15. The summed E-state index contributed by atoms with van der Waals surface area (Å²) in [5.41, 5.74) is 5.49. The molecule has 1 amide bonds. The van der Waals surface area contributed by atoms with Crippen molar-refractivity contribution in [2.75, 3.05) is 26.8 Å². The lowest BCUT2D eigenvalue weighted by atomic mass is 10.4. The van der Waals surface area contributed by atoms with Gasteiger partial charge in [0, 0.05) is 32.1 Å². The zero-order chi connectivity index (χ0) is 11.7. The number of amides is 1. The monoisotopic (exact) mass is 234 g/mol. The van der Waals surface area contributed by atoms with Crippen LogP contribution in [0.3, 0.4) is 0 Å². The number of hydrogen-bond acceptors (Lipinski definition) is 4. The minimum Gasteiger partial charge on any atom is -0.385 e. The number of ether oxygens (including phenoxy) is 1. The second kappa shape index (κ2) is 9.00. The number of nitrogens with two attached hydrogens (primary N) is 1. The molecule has 0 aliphatic carbocycles. The number of carbonyl (C=O) groups is 1. The summed E-state index contributed by atoms with van der Waals surface area (Å²) in [6, 6.07) is 0. The van der Waals surface area contributed by atoms with Crippen molar-refractivity contribution >= 4 is 17.7 Å². The first-order valence-electron chi connectivity index (χ1n) is 5.24. The van der Waals surface area contributed by atoms with E-state index in [1.54, 1.807) is 18.9 Å². The highest BCUT2D eigenvalue weighted by molar-refractivity contribution is 8.01. The van der Waals surface area contributed by atoms with Crippen molar-refractivity contribution in [3.05, 3.63) is 0 Å². The van der Waals surface area contributed by atoms with E-state index in [0.29, 0.717) is 24.9 Å². The van der Waals surface area contributed by atoms with Gasteiger partial charge in [-0.2, -0.15) is 0 Å². The average Bonchev–Trinajstić information content (AvgIpc) is 2.23.